The number of hydrazine groups is 1. The highest BCUT2D eigenvalue weighted by molar-refractivity contribution is 6.01. The van der Waals surface area contributed by atoms with Crippen LogP contribution in [-0.4, -0.2) is 16.9 Å². The van der Waals surface area contributed by atoms with Crippen molar-refractivity contribution in [2.24, 2.45) is 0 Å². The Hall–Kier alpha value is -2.79. The van der Waals surface area contributed by atoms with Gasteiger partial charge in [0.25, 0.3) is 5.91 Å². The van der Waals surface area contributed by atoms with Crippen molar-refractivity contribution in [3.05, 3.63) is 65.4 Å². The zero-order chi connectivity index (χ0) is 17.8. The zero-order valence-electron chi connectivity index (χ0n) is 14.7. The third kappa shape index (κ3) is 4.00. The Kier molecular flexibility index (Phi) is 5.05. The smallest absolute Gasteiger partial charge is 0.282 e. The van der Waals surface area contributed by atoms with Crippen molar-refractivity contribution in [2.45, 2.75) is 33.4 Å². The van der Waals surface area contributed by atoms with Crippen LogP contribution >= 0.6 is 0 Å². The highest BCUT2D eigenvalue weighted by Crippen LogP contribution is 2.26. The summed E-state index contributed by atoms with van der Waals surface area (Å²) in [5, 5.41) is 0.986. The van der Waals surface area contributed by atoms with E-state index in [1.807, 2.05) is 69.3 Å². The summed E-state index contributed by atoms with van der Waals surface area (Å²) in [7, 11) is 0. The van der Waals surface area contributed by atoms with Gasteiger partial charge in [0.15, 0.2) is 0 Å². The van der Waals surface area contributed by atoms with Crippen molar-refractivity contribution in [3.63, 3.8) is 0 Å². The number of fused-ring (bicyclic) bond motifs is 1. The molecule has 0 bridgehead atoms. The Bertz CT molecular complexity index is 869. The van der Waals surface area contributed by atoms with E-state index in [9.17, 15) is 4.79 Å². The van der Waals surface area contributed by atoms with E-state index < -0.39 is 0 Å². The molecule has 0 unspecified atom stereocenters. The average Bonchev–Trinajstić information content (AvgIpc) is 2.95. The first-order chi connectivity index (χ1) is 12.0. The number of aromatic nitrogens is 1. The number of nitrogens with one attached hydrogen (secondary N) is 3. The number of hydrogen-bond donors (Lipinski definition) is 3. The molecular formula is C20H23N3O2. The van der Waals surface area contributed by atoms with Crippen molar-refractivity contribution in [3.8, 4) is 5.75 Å². The lowest BCUT2D eigenvalue weighted by atomic mass is 10.1. The number of benzene rings is 2. The molecule has 0 aliphatic rings. The maximum absolute atomic E-state index is 12.3. The van der Waals surface area contributed by atoms with Crippen LogP contribution in [0.1, 0.15) is 35.5 Å². The van der Waals surface area contributed by atoms with E-state index in [2.05, 4.69) is 15.8 Å². The lowest BCUT2D eigenvalue weighted by Gasteiger charge is -2.09. The van der Waals surface area contributed by atoms with Crippen molar-refractivity contribution in [1.29, 1.82) is 0 Å². The zero-order valence-corrected chi connectivity index (χ0v) is 14.7. The number of ether oxygens (including phenoxy) is 1. The van der Waals surface area contributed by atoms with E-state index in [0.29, 0.717) is 12.3 Å². The van der Waals surface area contributed by atoms with Gasteiger partial charge < -0.3 is 9.72 Å². The van der Waals surface area contributed by atoms with E-state index >= 15 is 0 Å². The molecule has 0 spiro atoms. The summed E-state index contributed by atoms with van der Waals surface area (Å²) in [4.78, 5) is 15.5. The molecule has 1 amide bonds. The van der Waals surface area contributed by atoms with Crippen LogP contribution in [0.15, 0.2) is 48.5 Å². The maximum Gasteiger partial charge on any atom is 0.282 e. The molecule has 3 rings (SSSR count). The van der Waals surface area contributed by atoms with Gasteiger partial charge >= 0.3 is 0 Å². The summed E-state index contributed by atoms with van der Waals surface area (Å²) < 4.78 is 5.88. The van der Waals surface area contributed by atoms with Gasteiger partial charge in [0.2, 0.25) is 0 Å². The summed E-state index contributed by atoms with van der Waals surface area (Å²) in [5.74, 6) is 0.611. The number of amides is 1. The number of carbonyl (C=O) groups is 1. The molecule has 3 aromatic rings. The predicted octanol–water partition coefficient (Wildman–Crippen LogP) is 3.70. The van der Waals surface area contributed by atoms with Crippen LogP contribution in [0, 0.1) is 6.92 Å². The molecule has 0 aliphatic carbocycles. The molecule has 130 valence electrons. The van der Waals surface area contributed by atoms with E-state index in [-0.39, 0.29) is 11.9 Å². The SMILES string of the molecule is Cc1c(C(=O)NNC(C)C)[nH]c2ccc(OCc3ccccc3)cc12. The molecule has 5 nitrogen and oxygen atoms in total. The Labute approximate surface area is 147 Å². The molecule has 0 fully saturated rings. The van der Waals surface area contributed by atoms with Crippen LogP contribution in [0.2, 0.25) is 0 Å². The molecule has 0 saturated carbocycles. The van der Waals surface area contributed by atoms with Gasteiger partial charge in [-0.1, -0.05) is 30.3 Å². The van der Waals surface area contributed by atoms with Gasteiger partial charge in [0.1, 0.15) is 18.1 Å². The summed E-state index contributed by atoms with van der Waals surface area (Å²) in [6.07, 6.45) is 0. The van der Waals surface area contributed by atoms with Crippen LogP contribution < -0.4 is 15.6 Å². The lowest BCUT2D eigenvalue weighted by molar-refractivity contribution is 0.0923. The van der Waals surface area contributed by atoms with Gasteiger partial charge in [-0.3, -0.25) is 10.2 Å². The van der Waals surface area contributed by atoms with Crippen LogP contribution in [-0.2, 0) is 6.61 Å². The second-order valence-electron chi connectivity index (χ2n) is 6.36. The van der Waals surface area contributed by atoms with E-state index in [4.69, 9.17) is 4.74 Å². The molecule has 0 aliphatic heterocycles. The molecule has 2 aromatic carbocycles. The summed E-state index contributed by atoms with van der Waals surface area (Å²) in [5.41, 5.74) is 9.13. The minimum Gasteiger partial charge on any atom is -0.489 e. The second-order valence-corrected chi connectivity index (χ2v) is 6.36. The van der Waals surface area contributed by atoms with Crippen LogP contribution in [0.3, 0.4) is 0 Å². The highest BCUT2D eigenvalue weighted by Gasteiger charge is 2.15. The van der Waals surface area contributed by atoms with Crippen LogP contribution in [0.25, 0.3) is 10.9 Å². The maximum atomic E-state index is 12.3. The van der Waals surface area contributed by atoms with Crippen molar-refractivity contribution < 1.29 is 9.53 Å². The molecule has 5 heteroatoms. The minimum atomic E-state index is -0.172. The Balaban J connectivity index is 1.78. The number of rotatable bonds is 6. The fourth-order valence-corrected chi connectivity index (χ4v) is 2.64. The second kappa shape index (κ2) is 7.40. The van der Waals surface area contributed by atoms with E-state index in [0.717, 1.165) is 27.8 Å². The van der Waals surface area contributed by atoms with Crippen LogP contribution in [0.4, 0.5) is 0 Å². The number of H-pyrrole nitrogens is 1. The summed E-state index contributed by atoms with van der Waals surface area (Å²) in [6, 6.07) is 16.0. The predicted molar refractivity (Wildman–Crippen MR) is 99.5 cm³/mol. The third-order valence-electron chi connectivity index (χ3n) is 3.98. The highest BCUT2D eigenvalue weighted by atomic mass is 16.5. The normalized spacial score (nSPS) is 11.0. The summed E-state index contributed by atoms with van der Waals surface area (Å²) in [6.45, 7) is 6.38. The third-order valence-corrected chi connectivity index (χ3v) is 3.98. The van der Waals surface area contributed by atoms with Gasteiger partial charge in [-0.25, -0.2) is 5.43 Å². The Morgan fingerprint density at radius 2 is 1.92 bits per heavy atom. The molecular weight excluding hydrogens is 314 g/mol. The number of aryl methyl sites for hydroxylation is 1. The molecule has 0 radical (unpaired) electrons. The Morgan fingerprint density at radius 3 is 2.64 bits per heavy atom. The molecule has 0 atom stereocenters. The van der Waals surface area contributed by atoms with Gasteiger partial charge in [-0.15, -0.1) is 0 Å². The van der Waals surface area contributed by atoms with Crippen molar-refractivity contribution in [1.82, 2.24) is 15.8 Å². The topological polar surface area (TPSA) is 66.2 Å². The van der Waals surface area contributed by atoms with Gasteiger partial charge in [0, 0.05) is 16.9 Å². The molecule has 0 saturated heterocycles. The minimum absolute atomic E-state index is 0.172. The fourth-order valence-electron chi connectivity index (χ4n) is 2.64. The summed E-state index contributed by atoms with van der Waals surface area (Å²) >= 11 is 0. The molecule has 1 aromatic heterocycles. The first kappa shape index (κ1) is 17.0. The van der Waals surface area contributed by atoms with E-state index in [1.54, 1.807) is 0 Å². The van der Waals surface area contributed by atoms with Gasteiger partial charge in [0.05, 0.1) is 0 Å². The van der Waals surface area contributed by atoms with Crippen LogP contribution in [0.5, 0.6) is 5.75 Å². The monoisotopic (exact) mass is 337 g/mol. The quantitative estimate of drug-likeness (QED) is 0.601. The first-order valence-corrected chi connectivity index (χ1v) is 8.39. The largest absolute Gasteiger partial charge is 0.489 e. The van der Waals surface area contributed by atoms with Crippen molar-refractivity contribution >= 4 is 16.8 Å². The number of aromatic amines is 1. The van der Waals surface area contributed by atoms with Crippen molar-refractivity contribution in [2.75, 3.05) is 0 Å². The van der Waals surface area contributed by atoms with E-state index in [1.165, 1.54) is 0 Å². The lowest BCUT2D eigenvalue weighted by Crippen LogP contribution is -2.42. The van der Waals surface area contributed by atoms with Gasteiger partial charge in [-0.05, 0) is 50.1 Å². The molecule has 3 N–H and O–H groups in total. The molecule has 1 heterocycles. The van der Waals surface area contributed by atoms with Gasteiger partial charge in [-0.2, -0.15) is 0 Å². The standard InChI is InChI=1S/C20H23N3O2/c1-13(2)22-23-20(24)19-14(3)17-11-16(9-10-18(17)21-19)25-12-15-7-5-4-6-8-15/h4-11,13,21-22H,12H2,1-3H3,(H,23,24). The Morgan fingerprint density at radius 1 is 1.16 bits per heavy atom. The number of carbonyl (C=O) groups excluding carboxylic acids is 1. The fraction of sp³-hybridized carbons (Fsp3) is 0.250. The average molecular weight is 337 g/mol. The number of hydrogen-bond acceptors (Lipinski definition) is 3. The molecule has 25 heavy (non-hydrogen) atoms. The first-order valence-electron chi connectivity index (χ1n) is 8.39.